The van der Waals surface area contributed by atoms with Crippen LogP contribution in [0.15, 0.2) is 51.7 Å². The molecule has 1 N–H and O–H groups in total. The normalized spacial score (nSPS) is 15.4. The SMILES string of the molecule is CCCCCCOc1ccc(C2NC(=O)c3oc4ccc(F)cc4c(=O)c32)cc1. The van der Waals surface area contributed by atoms with Gasteiger partial charge in [0.25, 0.3) is 5.91 Å². The summed E-state index contributed by atoms with van der Waals surface area (Å²) in [6.07, 6.45) is 4.53. The summed E-state index contributed by atoms with van der Waals surface area (Å²) in [5.74, 6) is -0.263. The van der Waals surface area contributed by atoms with E-state index in [1.165, 1.54) is 25.0 Å². The Hall–Kier alpha value is -3.15. The lowest BCUT2D eigenvalue weighted by Crippen LogP contribution is -2.21. The lowest BCUT2D eigenvalue weighted by atomic mass is 9.99. The zero-order valence-corrected chi connectivity index (χ0v) is 16.2. The van der Waals surface area contributed by atoms with Crippen LogP contribution in [0.2, 0.25) is 0 Å². The fraction of sp³-hybridized carbons (Fsp3) is 0.304. The first-order valence-electron chi connectivity index (χ1n) is 9.88. The second kappa shape index (κ2) is 8.07. The summed E-state index contributed by atoms with van der Waals surface area (Å²) < 4.78 is 25.0. The van der Waals surface area contributed by atoms with Gasteiger partial charge >= 0.3 is 0 Å². The molecular weight excluding hydrogens is 373 g/mol. The molecule has 3 aromatic rings. The van der Waals surface area contributed by atoms with Gasteiger partial charge in [-0.1, -0.05) is 38.3 Å². The molecule has 1 unspecified atom stereocenters. The quantitative estimate of drug-likeness (QED) is 0.588. The maximum absolute atomic E-state index is 13.6. The molecule has 0 saturated carbocycles. The van der Waals surface area contributed by atoms with Crippen molar-refractivity contribution in [1.29, 1.82) is 0 Å². The number of carbonyl (C=O) groups excluding carboxylic acids is 1. The van der Waals surface area contributed by atoms with Crippen LogP contribution in [0.1, 0.15) is 60.3 Å². The van der Waals surface area contributed by atoms with Gasteiger partial charge in [0, 0.05) is 0 Å². The van der Waals surface area contributed by atoms with Crippen LogP contribution in [0.4, 0.5) is 4.39 Å². The molecule has 2 heterocycles. The number of hydrogen-bond donors (Lipinski definition) is 1. The summed E-state index contributed by atoms with van der Waals surface area (Å²) in [7, 11) is 0. The summed E-state index contributed by atoms with van der Waals surface area (Å²) in [4.78, 5) is 25.3. The van der Waals surface area contributed by atoms with E-state index in [1.54, 1.807) is 0 Å². The lowest BCUT2D eigenvalue weighted by Gasteiger charge is -2.13. The first-order valence-corrected chi connectivity index (χ1v) is 9.88. The molecule has 2 aromatic carbocycles. The monoisotopic (exact) mass is 395 g/mol. The molecule has 0 radical (unpaired) electrons. The van der Waals surface area contributed by atoms with Crippen molar-refractivity contribution in [3.63, 3.8) is 0 Å². The van der Waals surface area contributed by atoms with E-state index in [0.29, 0.717) is 6.61 Å². The van der Waals surface area contributed by atoms with Crippen molar-refractivity contribution >= 4 is 16.9 Å². The minimum absolute atomic E-state index is 0.0182. The smallest absolute Gasteiger partial charge is 0.288 e. The van der Waals surface area contributed by atoms with E-state index in [0.717, 1.165) is 30.2 Å². The maximum atomic E-state index is 13.6. The third-order valence-corrected chi connectivity index (χ3v) is 5.14. The zero-order valence-electron chi connectivity index (χ0n) is 16.2. The van der Waals surface area contributed by atoms with Gasteiger partial charge in [0.15, 0.2) is 5.43 Å². The van der Waals surface area contributed by atoms with Gasteiger partial charge in [0.05, 0.1) is 23.6 Å². The highest BCUT2D eigenvalue weighted by Crippen LogP contribution is 2.31. The predicted molar refractivity (Wildman–Crippen MR) is 108 cm³/mol. The Labute approximate surface area is 167 Å². The minimum atomic E-state index is -0.639. The van der Waals surface area contributed by atoms with Crippen molar-refractivity contribution in [1.82, 2.24) is 5.32 Å². The number of benzene rings is 2. The number of carbonyl (C=O) groups is 1. The van der Waals surface area contributed by atoms with E-state index in [9.17, 15) is 14.0 Å². The molecule has 150 valence electrons. The van der Waals surface area contributed by atoms with Gasteiger partial charge in [-0.2, -0.15) is 0 Å². The molecule has 1 amide bonds. The highest BCUT2D eigenvalue weighted by Gasteiger charge is 2.35. The van der Waals surface area contributed by atoms with Crippen LogP contribution in [-0.4, -0.2) is 12.5 Å². The van der Waals surface area contributed by atoms with E-state index in [-0.39, 0.29) is 22.3 Å². The Morgan fingerprint density at radius 2 is 1.86 bits per heavy atom. The molecule has 0 spiro atoms. The molecule has 0 bridgehead atoms. The third-order valence-electron chi connectivity index (χ3n) is 5.14. The van der Waals surface area contributed by atoms with Crippen LogP contribution < -0.4 is 15.5 Å². The van der Waals surface area contributed by atoms with E-state index in [1.807, 2.05) is 24.3 Å². The van der Waals surface area contributed by atoms with Crippen molar-refractivity contribution in [2.24, 2.45) is 0 Å². The number of unbranched alkanes of at least 4 members (excludes halogenated alkanes) is 3. The molecule has 29 heavy (non-hydrogen) atoms. The highest BCUT2D eigenvalue weighted by atomic mass is 19.1. The lowest BCUT2D eigenvalue weighted by molar-refractivity contribution is 0.0938. The van der Waals surface area contributed by atoms with Crippen molar-refractivity contribution < 1.29 is 18.3 Å². The summed E-state index contributed by atoms with van der Waals surface area (Å²) in [6, 6.07) is 10.3. The van der Waals surface area contributed by atoms with Crippen LogP contribution in [0.5, 0.6) is 5.75 Å². The van der Waals surface area contributed by atoms with E-state index >= 15 is 0 Å². The molecule has 5 nitrogen and oxygen atoms in total. The van der Waals surface area contributed by atoms with Crippen LogP contribution >= 0.6 is 0 Å². The van der Waals surface area contributed by atoms with Crippen molar-refractivity contribution in [2.45, 2.75) is 38.6 Å². The summed E-state index contributed by atoms with van der Waals surface area (Å²) in [5.41, 5.74) is 0.734. The third kappa shape index (κ3) is 3.75. The van der Waals surface area contributed by atoms with Gasteiger partial charge < -0.3 is 14.5 Å². The minimum Gasteiger partial charge on any atom is -0.494 e. The summed E-state index contributed by atoms with van der Waals surface area (Å²) in [6.45, 7) is 2.82. The molecule has 0 aliphatic carbocycles. The van der Waals surface area contributed by atoms with Gasteiger partial charge in [-0.3, -0.25) is 9.59 Å². The molecule has 4 rings (SSSR count). The van der Waals surface area contributed by atoms with Crippen molar-refractivity contribution in [3.8, 4) is 5.75 Å². The van der Waals surface area contributed by atoms with Gasteiger partial charge in [-0.15, -0.1) is 0 Å². The highest BCUT2D eigenvalue weighted by molar-refractivity contribution is 5.98. The Morgan fingerprint density at radius 3 is 2.62 bits per heavy atom. The summed E-state index contributed by atoms with van der Waals surface area (Å²) in [5, 5.41) is 2.91. The van der Waals surface area contributed by atoms with Gasteiger partial charge in [-0.05, 0) is 42.3 Å². The van der Waals surface area contributed by atoms with Crippen molar-refractivity contribution in [3.05, 3.63) is 75.4 Å². The number of fused-ring (bicyclic) bond motifs is 2. The van der Waals surface area contributed by atoms with Crippen LogP contribution in [0.25, 0.3) is 11.0 Å². The van der Waals surface area contributed by atoms with Crippen LogP contribution in [0, 0.1) is 5.82 Å². The van der Waals surface area contributed by atoms with Gasteiger partial charge in [0.2, 0.25) is 5.76 Å². The maximum Gasteiger partial charge on any atom is 0.288 e. The number of amides is 1. The molecule has 1 atom stereocenters. The van der Waals surface area contributed by atoms with Crippen LogP contribution in [0.3, 0.4) is 0 Å². The Balaban J connectivity index is 1.60. The fourth-order valence-electron chi connectivity index (χ4n) is 3.61. The molecule has 0 saturated heterocycles. The standard InChI is InChI=1S/C23H22FNO4/c1-2-3-4-5-12-28-16-9-6-14(7-10-16)20-19-21(26)17-13-15(24)8-11-18(17)29-22(19)23(27)25-20/h6-11,13,20H,2-5,12H2,1H3,(H,25,27). The number of ether oxygens (including phenoxy) is 1. The van der Waals surface area contributed by atoms with E-state index in [2.05, 4.69) is 12.2 Å². The molecule has 0 fully saturated rings. The number of nitrogens with one attached hydrogen (secondary N) is 1. The van der Waals surface area contributed by atoms with Gasteiger partial charge in [-0.25, -0.2) is 4.39 Å². The first-order chi connectivity index (χ1) is 14.1. The Bertz CT molecular complexity index is 1100. The average molecular weight is 395 g/mol. The largest absolute Gasteiger partial charge is 0.494 e. The topological polar surface area (TPSA) is 68.5 Å². The Morgan fingerprint density at radius 1 is 1.07 bits per heavy atom. The average Bonchev–Trinajstić information content (AvgIpc) is 3.06. The fourth-order valence-corrected chi connectivity index (χ4v) is 3.61. The molecule has 1 aliphatic rings. The van der Waals surface area contributed by atoms with E-state index < -0.39 is 23.2 Å². The van der Waals surface area contributed by atoms with E-state index in [4.69, 9.17) is 9.15 Å². The molecular formula is C23H22FNO4. The molecule has 1 aromatic heterocycles. The molecule has 6 heteroatoms. The second-order valence-corrected chi connectivity index (χ2v) is 7.20. The molecule has 1 aliphatic heterocycles. The first kappa shape index (κ1) is 19.2. The zero-order chi connectivity index (χ0) is 20.4. The number of rotatable bonds is 7. The van der Waals surface area contributed by atoms with Crippen LogP contribution in [-0.2, 0) is 0 Å². The number of halogens is 1. The Kier molecular flexibility index (Phi) is 5.34. The van der Waals surface area contributed by atoms with Crippen molar-refractivity contribution in [2.75, 3.05) is 6.61 Å². The summed E-state index contributed by atoms with van der Waals surface area (Å²) >= 11 is 0. The second-order valence-electron chi connectivity index (χ2n) is 7.20. The van der Waals surface area contributed by atoms with Gasteiger partial charge in [0.1, 0.15) is 17.1 Å². The number of hydrogen-bond acceptors (Lipinski definition) is 4. The predicted octanol–water partition coefficient (Wildman–Crippen LogP) is 4.72.